The van der Waals surface area contributed by atoms with Crippen LogP contribution in [0.2, 0.25) is 0 Å². The van der Waals surface area contributed by atoms with E-state index in [2.05, 4.69) is 5.32 Å². The molecule has 2 fully saturated rings. The molecule has 2 aliphatic carbocycles. The molecule has 2 rings (SSSR count). The first-order valence-electron chi connectivity index (χ1n) is 6.16. The lowest BCUT2D eigenvalue weighted by molar-refractivity contribution is -0.148. The Hall–Kier alpha value is -1.10. The predicted molar refractivity (Wildman–Crippen MR) is 60.4 cm³/mol. The van der Waals surface area contributed by atoms with Crippen molar-refractivity contribution in [3.8, 4) is 0 Å². The minimum absolute atomic E-state index is 0.0123. The number of carbonyl (C=O) groups is 2. The summed E-state index contributed by atoms with van der Waals surface area (Å²) in [5.74, 6) is 0.156. The van der Waals surface area contributed by atoms with Crippen molar-refractivity contribution in [1.29, 1.82) is 0 Å². The smallest absolute Gasteiger partial charge is 0.334 e. The van der Waals surface area contributed by atoms with Crippen molar-refractivity contribution >= 4 is 11.9 Å². The molecule has 0 aromatic rings. The van der Waals surface area contributed by atoms with Crippen LogP contribution >= 0.6 is 0 Å². The van der Waals surface area contributed by atoms with Gasteiger partial charge in [0.25, 0.3) is 0 Å². The number of carboxylic acids is 1. The number of amides is 1. The molecule has 0 saturated heterocycles. The number of rotatable bonds is 7. The van der Waals surface area contributed by atoms with Crippen LogP contribution in [0.1, 0.15) is 25.7 Å². The molecule has 0 heterocycles. The Balaban J connectivity index is 1.80. The summed E-state index contributed by atoms with van der Waals surface area (Å²) in [6, 6.07) is 0. The lowest BCUT2D eigenvalue weighted by Gasteiger charge is -2.17. The van der Waals surface area contributed by atoms with Crippen LogP contribution in [0.25, 0.3) is 0 Å². The second kappa shape index (κ2) is 5.04. The summed E-state index contributed by atoms with van der Waals surface area (Å²) in [7, 11) is 1.34. The number of carbonyl (C=O) groups excluding carboxylic acids is 1. The van der Waals surface area contributed by atoms with Crippen LogP contribution in [0.5, 0.6) is 0 Å². The Morgan fingerprint density at radius 2 is 1.82 bits per heavy atom. The summed E-state index contributed by atoms with van der Waals surface area (Å²) in [5, 5.41) is 11.5. The molecule has 1 amide bonds. The monoisotopic (exact) mass is 241 g/mol. The molecule has 0 bridgehead atoms. The fraction of sp³-hybridized carbons (Fsp3) is 0.833. The maximum absolute atomic E-state index is 12.0. The Morgan fingerprint density at radius 1 is 1.29 bits per heavy atom. The van der Waals surface area contributed by atoms with Gasteiger partial charge in [-0.3, -0.25) is 4.79 Å². The molecule has 2 N–H and O–H groups in total. The van der Waals surface area contributed by atoms with E-state index in [1.165, 1.54) is 7.11 Å². The van der Waals surface area contributed by atoms with Gasteiger partial charge in [0, 0.05) is 13.0 Å². The molecule has 5 nitrogen and oxygen atoms in total. The predicted octanol–water partition coefficient (Wildman–Crippen LogP) is 0.638. The van der Waals surface area contributed by atoms with Crippen LogP contribution < -0.4 is 5.32 Å². The third kappa shape index (κ3) is 3.19. The van der Waals surface area contributed by atoms with E-state index in [1.54, 1.807) is 0 Å². The minimum Gasteiger partial charge on any atom is -0.479 e. The molecule has 96 valence electrons. The Kier molecular flexibility index (Phi) is 3.66. The third-order valence-corrected chi connectivity index (χ3v) is 3.58. The molecular formula is C12H19NO4. The van der Waals surface area contributed by atoms with Crippen molar-refractivity contribution in [3.05, 3.63) is 0 Å². The molecule has 0 spiro atoms. The van der Waals surface area contributed by atoms with Gasteiger partial charge in [-0.15, -0.1) is 0 Å². The summed E-state index contributed by atoms with van der Waals surface area (Å²) in [6.07, 6.45) is 3.61. The number of ether oxygens (including phenoxy) is 1. The van der Waals surface area contributed by atoms with Crippen molar-refractivity contribution in [1.82, 2.24) is 5.32 Å². The standard InChI is InChI=1S/C12H19NO4/c1-17-9(12(15)16)6-13-11(14)10(7-2-3-7)8-4-5-8/h7-10H,2-6H2,1H3,(H,13,14)(H,15,16). The van der Waals surface area contributed by atoms with E-state index < -0.39 is 12.1 Å². The molecule has 5 heteroatoms. The van der Waals surface area contributed by atoms with Crippen LogP contribution in [-0.2, 0) is 14.3 Å². The van der Waals surface area contributed by atoms with Crippen LogP contribution in [0.15, 0.2) is 0 Å². The Labute approximate surface area is 101 Å². The summed E-state index contributed by atoms with van der Waals surface area (Å²) < 4.78 is 4.78. The normalized spacial score (nSPS) is 21.3. The fourth-order valence-electron chi connectivity index (χ4n) is 2.31. The molecule has 0 radical (unpaired) electrons. The summed E-state index contributed by atoms with van der Waals surface area (Å²) in [5.41, 5.74) is 0. The number of methoxy groups -OCH3 is 1. The first-order chi connectivity index (χ1) is 8.13. The fourth-order valence-corrected chi connectivity index (χ4v) is 2.31. The first kappa shape index (κ1) is 12.4. The van der Waals surface area contributed by atoms with Crippen molar-refractivity contribution in [2.45, 2.75) is 31.8 Å². The average Bonchev–Trinajstić information content (AvgIpc) is 3.12. The highest BCUT2D eigenvalue weighted by Gasteiger charge is 2.45. The van der Waals surface area contributed by atoms with Gasteiger partial charge in [-0.25, -0.2) is 4.79 Å². The van der Waals surface area contributed by atoms with Crippen LogP contribution in [-0.4, -0.2) is 36.7 Å². The number of aliphatic carboxylic acids is 1. The summed E-state index contributed by atoms with van der Waals surface area (Å²) in [4.78, 5) is 22.7. The molecule has 17 heavy (non-hydrogen) atoms. The molecule has 1 unspecified atom stereocenters. The second-order valence-corrected chi connectivity index (χ2v) is 5.01. The van der Waals surface area contributed by atoms with Gasteiger partial charge in [0.15, 0.2) is 6.10 Å². The van der Waals surface area contributed by atoms with E-state index in [4.69, 9.17) is 9.84 Å². The van der Waals surface area contributed by atoms with Gasteiger partial charge in [0.05, 0.1) is 6.54 Å². The molecule has 1 atom stereocenters. The number of hydrogen-bond donors (Lipinski definition) is 2. The van der Waals surface area contributed by atoms with Crippen molar-refractivity contribution < 1.29 is 19.4 Å². The highest BCUT2D eigenvalue weighted by molar-refractivity contribution is 5.81. The van der Waals surface area contributed by atoms with E-state index in [-0.39, 0.29) is 18.4 Å². The van der Waals surface area contributed by atoms with Crippen molar-refractivity contribution in [3.63, 3.8) is 0 Å². The number of hydrogen-bond acceptors (Lipinski definition) is 3. The molecule has 0 aliphatic heterocycles. The van der Waals surface area contributed by atoms with E-state index >= 15 is 0 Å². The maximum atomic E-state index is 12.0. The number of carboxylic acid groups (broad SMARTS) is 1. The zero-order valence-electron chi connectivity index (χ0n) is 10.0. The first-order valence-corrected chi connectivity index (χ1v) is 6.16. The molecular weight excluding hydrogens is 222 g/mol. The van der Waals surface area contributed by atoms with Gasteiger partial charge in [-0.2, -0.15) is 0 Å². The molecule has 2 aliphatic rings. The third-order valence-electron chi connectivity index (χ3n) is 3.58. The Morgan fingerprint density at radius 3 is 2.18 bits per heavy atom. The highest BCUT2D eigenvalue weighted by atomic mass is 16.5. The van der Waals surface area contributed by atoms with E-state index in [9.17, 15) is 9.59 Å². The van der Waals surface area contributed by atoms with Gasteiger partial charge >= 0.3 is 5.97 Å². The van der Waals surface area contributed by atoms with Gasteiger partial charge in [0.2, 0.25) is 5.91 Å². The highest BCUT2D eigenvalue weighted by Crippen LogP contribution is 2.49. The summed E-state index contributed by atoms with van der Waals surface area (Å²) in [6.45, 7) is 0.0562. The van der Waals surface area contributed by atoms with Gasteiger partial charge in [-0.05, 0) is 37.5 Å². The molecule has 0 aromatic carbocycles. The van der Waals surface area contributed by atoms with E-state index in [0.717, 1.165) is 25.7 Å². The van der Waals surface area contributed by atoms with Gasteiger partial charge in [0.1, 0.15) is 0 Å². The van der Waals surface area contributed by atoms with Crippen LogP contribution in [0.4, 0.5) is 0 Å². The van der Waals surface area contributed by atoms with E-state index in [1.807, 2.05) is 0 Å². The molecule has 0 aromatic heterocycles. The van der Waals surface area contributed by atoms with Gasteiger partial charge in [-0.1, -0.05) is 0 Å². The van der Waals surface area contributed by atoms with Crippen LogP contribution in [0.3, 0.4) is 0 Å². The lowest BCUT2D eigenvalue weighted by atomic mass is 9.97. The zero-order chi connectivity index (χ0) is 12.4. The largest absolute Gasteiger partial charge is 0.479 e. The zero-order valence-corrected chi connectivity index (χ0v) is 10.0. The SMILES string of the molecule is COC(CNC(=O)C(C1CC1)C1CC1)C(=O)O. The Bertz CT molecular complexity index is 298. The quantitative estimate of drug-likeness (QED) is 0.685. The summed E-state index contributed by atoms with van der Waals surface area (Å²) >= 11 is 0. The van der Waals surface area contributed by atoms with Crippen molar-refractivity contribution in [2.75, 3.05) is 13.7 Å². The maximum Gasteiger partial charge on any atom is 0.334 e. The van der Waals surface area contributed by atoms with Crippen LogP contribution in [0, 0.1) is 17.8 Å². The number of nitrogens with one attached hydrogen (secondary N) is 1. The van der Waals surface area contributed by atoms with Gasteiger partial charge < -0.3 is 15.2 Å². The average molecular weight is 241 g/mol. The van der Waals surface area contributed by atoms with E-state index in [0.29, 0.717) is 11.8 Å². The second-order valence-electron chi connectivity index (χ2n) is 5.01. The minimum atomic E-state index is -1.04. The molecule has 2 saturated carbocycles. The topological polar surface area (TPSA) is 75.6 Å². The van der Waals surface area contributed by atoms with Crippen molar-refractivity contribution in [2.24, 2.45) is 17.8 Å². The lowest BCUT2D eigenvalue weighted by Crippen LogP contribution is -2.41.